The Bertz CT molecular complexity index is 320. The van der Waals surface area contributed by atoms with Crippen molar-refractivity contribution < 1.29 is 0 Å². The average Bonchev–Trinajstić information content (AvgIpc) is 3.29. The van der Waals surface area contributed by atoms with E-state index in [2.05, 4.69) is 56.2 Å². The van der Waals surface area contributed by atoms with Crippen molar-refractivity contribution in [3.63, 3.8) is 0 Å². The fourth-order valence-electron chi connectivity index (χ4n) is 3.93. The average molecular weight is 338 g/mol. The highest BCUT2D eigenvalue weighted by molar-refractivity contribution is 5.44. The van der Waals surface area contributed by atoms with E-state index in [4.69, 9.17) is 0 Å². The van der Waals surface area contributed by atoms with Crippen molar-refractivity contribution in [1.29, 1.82) is 0 Å². The van der Waals surface area contributed by atoms with Crippen LogP contribution in [-0.4, -0.2) is 60.0 Å². The number of hydrogen-bond donors (Lipinski definition) is 0. The van der Waals surface area contributed by atoms with E-state index >= 15 is 0 Å². The Labute approximate surface area is 152 Å². The fourth-order valence-corrected chi connectivity index (χ4v) is 3.93. The third-order valence-electron chi connectivity index (χ3n) is 4.74. The molecule has 24 heavy (non-hydrogen) atoms. The van der Waals surface area contributed by atoms with Gasteiger partial charge in [0.1, 0.15) is 0 Å². The lowest BCUT2D eigenvalue weighted by Gasteiger charge is -2.28. The molecule has 0 amide bonds. The van der Waals surface area contributed by atoms with Crippen LogP contribution in [-0.2, 0) is 0 Å². The molecule has 3 nitrogen and oxygen atoms in total. The van der Waals surface area contributed by atoms with Gasteiger partial charge in [0.25, 0.3) is 0 Å². The Kier molecular flexibility index (Phi) is 10.5. The van der Waals surface area contributed by atoms with E-state index in [1.165, 1.54) is 77.8 Å². The zero-order chi connectivity index (χ0) is 17.9. The molecule has 0 aromatic heterocycles. The van der Waals surface area contributed by atoms with Gasteiger partial charge in [-0.15, -0.1) is 0 Å². The van der Waals surface area contributed by atoms with Crippen molar-refractivity contribution in [2.24, 2.45) is 0 Å². The Hall–Kier alpha value is -0.700. The van der Waals surface area contributed by atoms with Crippen LogP contribution in [0.3, 0.4) is 0 Å². The molecule has 0 aliphatic heterocycles. The van der Waals surface area contributed by atoms with Crippen LogP contribution in [0.2, 0.25) is 0 Å². The van der Waals surface area contributed by atoms with Crippen LogP contribution in [0.1, 0.15) is 80.1 Å². The van der Waals surface area contributed by atoms with Crippen LogP contribution in [0, 0.1) is 0 Å². The summed E-state index contributed by atoms with van der Waals surface area (Å²) in [7, 11) is 0. The molecule has 0 radical (unpaired) electrons. The summed E-state index contributed by atoms with van der Waals surface area (Å²) in [5, 5.41) is 0. The second-order valence-corrected chi connectivity index (χ2v) is 7.18. The molecule has 0 saturated carbocycles. The van der Waals surface area contributed by atoms with Gasteiger partial charge < -0.3 is 9.80 Å². The lowest BCUT2D eigenvalue weighted by Crippen LogP contribution is -2.36. The van der Waals surface area contributed by atoms with E-state index in [-0.39, 0.29) is 0 Å². The topological polar surface area (TPSA) is 9.72 Å². The summed E-state index contributed by atoms with van der Waals surface area (Å²) in [5.74, 6) is 0. The van der Waals surface area contributed by atoms with Gasteiger partial charge in [0.15, 0.2) is 0 Å². The quantitative estimate of drug-likeness (QED) is 0.419. The first-order chi connectivity index (χ1) is 11.7. The van der Waals surface area contributed by atoms with Crippen molar-refractivity contribution in [3.8, 4) is 0 Å². The molecule has 0 spiro atoms. The minimum Gasteiger partial charge on any atom is -0.372 e. The normalized spacial score (nSPS) is 14.6. The van der Waals surface area contributed by atoms with Crippen LogP contribution in [0.4, 0.5) is 0 Å². The molecule has 1 aliphatic carbocycles. The third kappa shape index (κ3) is 5.68. The number of nitrogens with zero attached hydrogens (tertiary/aromatic N) is 3. The standard InChI is InChI=1S/C21H43N3/c1-7-13-22(14-8-2)19-20(23(15-9-3)16-10-4)21(19)24(17-11-5)18-12-6/h19H,7-18H2,1-6H3. The van der Waals surface area contributed by atoms with Crippen LogP contribution in [0.5, 0.6) is 0 Å². The Balaban J connectivity index is 3.03. The van der Waals surface area contributed by atoms with Gasteiger partial charge in [-0.3, -0.25) is 4.90 Å². The Morgan fingerprint density at radius 2 is 0.792 bits per heavy atom. The first-order valence-corrected chi connectivity index (χ1v) is 10.7. The Morgan fingerprint density at radius 3 is 1.04 bits per heavy atom. The Morgan fingerprint density at radius 1 is 0.500 bits per heavy atom. The lowest BCUT2D eigenvalue weighted by atomic mass is 10.3. The van der Waals surface area contributed by atoms with Crippen LogP contribution < -0.4 is 0 Å². The van der Waals surface area contributed by atoms with E-state index in [0.717, 1.165) is 0 Å². The molecule has 0 unspecified atom stereocenters. The van der Waals surface area contributed by atoms with Crippen molar-refractivity contribution in [2.75, 3.05) is 39.3 Å². The molecule has 0 atom stereocenters. The van der Waals surface area contributed by atoms with E-state index in [9.17, 15) is 0 Å². The van der Waals surface area contributed by atoms with Crippen molar-refractivity contribution in [1.82, 2.24) is 14.7 Å². The molecule has 0 N–H and O–H groups in total. The summed E-state index contributed by atoms with van der Waals surface area (Å²) in [5.41, 5.74) is 3.31. The van der Waals surface area contributed by atoms with E-state index < -0.39 is 0 Å². The lowest BCUT2D eigenvalue weighted by molar-refractivity contribution is 0.226. The highest BCUT2D eigenvalue weighted by Gasteiger charge is 2.46. The van der Waals surface area contributed by atoms with Crippen LogP contribution in [0.25, 0.3) is 0 Å². The zero-order valence-corrected chi connectivity index (χ0v) is 17.4. The molecule has 1 rings (SSSR count). The van der Waals surface area contributed by atoms with Gasteiger partial charge in [-0.05, 0) is 51.6 Å². The molecule has 0 saturated heterocycles. The van der Waals surface area contributed by atoms with Gasteiger partial charge >= 0.3 is 0 Å². The molecular weight excluding hydrogens is 294 g/mol. The molecule has 0 aromatic rings. The smallest absolute Gasteiger partial charge is 0.0939 e. The van der Waals surface area contributed by atoms with Gasteiger partial charge in [0, 0.05) is 26.2 Å². The summed E-state index contributed by atoms with van der Waals surface area (Å²) in [6.07, 6.45) is 7.47. The molecule has 0 bridgehead atoms. The number of hydrogen-bond acceptors (Lipinski definition) is 3. The van der Waals surface area contributed by atoms with Gasteiger partial charge in [-0.1, -0.05) is 41.5 Å². The first-order valence-electron chi connectivity index (χ1n) is 10.7. The maximum atomic E-state index is 2.74. The van der Waals surface area contributed by atoms with E-state index in [0.29, 0.717) is 6.04 Å². The summed E-state index contributed by atoms with van der Waals surface area (Å²) >= 11 is 0. The largest absolute Gasteiger partial charge is 0.372 e. The van der Waals surface area contributed by atoms with Gasteiger partial charge in [0.2, 0.25) is 0 Å². The van der Waals surface area contributed by atoms with Gasteiger partial charge in [0.05, 0.1) is 17.4 Å². The highest BCUT2D eigenvalue weighted by Crippen LogP contribution is 2.42. The van der Waals surface area contributed by atoms with Crippen molar-refractivity contribution in [3.05, 3.63) is 11.4 Å². The summed E-state index contributed by atoms with van der Waals surface area (Å²) in [6, 6.07) is 0.598. The predicted octanol–water partition coefficient (Wildman–Crippen LogP) is 4.95. The van der Waals surface area contributed by atoms with Crippen LogP contribution in [0.15, 0.2) is 11.4 Å². The van der Waals surface area contributed by atoms with E-state index in [1.54, 1.807) is 11.4 Å². The van der Waals surface area contributed by atoms with Crippen molar-refractivity contribution in [2.45, 2.75) is 86.1 Å². The maximum absolute atomic E-state index is 2.74. The minimum atomic E-state index is 0.598. The summed E-state index contributed by atoms with van der Waals surface area (Å²) in [4.78, 5) is 8.12. The second kappa shape index (κ2) is 11.8. The predicted molar refractivity (Wildman–Crippen MR) is 107 cm³/mol. The maximum Gasteiger partial charge on any atom is 0.0939 e. The molecule has 0 heterocycles. The second-order valence-electron chi connectivity index (χ2n) is 7.18. The van der Waals surface area contributed by atoms with Crippen LogP contribution >= 0.6 is 0 Å². The first kappa shape index (κ1) is 21.3. The zero-order valence-electron chi connectivity index (χ0n) is 17.4. The highest BCUT2D eigenvalue weighted by atomic mass is 15.3. The van der Waals surface area contributed by atoms with Crippen molar-refractivity contribution >= 4 is 0 Å². The minimum absolute atomic E-state index is 0.598. The third-order valence-corrected chi connectivity index (χ3v) is 4.74. The molecule has 142 valence electrons. The summed E-state index contributed by atoms with van der Waals surface area (Å²) < 4.78 is 0. The molecule has 0 aromatic carbocycles. The number of rotatable bonds is 15. The molecule has 1 aliphatic rings. The van der Waals surface area contributed by atoms with Gasteiger partial charge in [-0.2, -0.15) is 0 Å². The molecular formula is C21H43N3. The van der Waals surface area contributed by atoms with E-state index in [1.807, 2.05) is 0 Å². The fraction of sp³-hybridized carbons (Fsp3) is 0.905. The SMILES string of the molecule is CCCN(CCC)C1=C(N(CCC)CCC)C1N(CCC)CCC. The monoisotopic (exact) mass is 337 g/mol. The molecule has 3 heteroatoms. The summed E-state index contributed by atoms with van der Waals surface area (Å²) in [6.45, 7) is 21.2. The molecule has 0 fully saturated rings. The van der Waals surface area contributed by atoms with Gasteiger partial charge in [-0.25, -0.2) is 0 Å².